The van der Waals surface area contributed by atoms with Crippen molar-refractivity contribution in [3.63, 3.8) is 0 Å². The molecule has 0 unspecified atom stereocenters. The monoisotopic (exact) mass is 267 g/mol. The van der Waals surface area contributed by atoms with Crippen LogP contribution in [0.1, 0.15) is 34.6 Å². The topological polar surface area (TPSA) is 71.6 Å². The Morgan fingerprint density at radius 3 is 2.32 bits per heavy atom. The number of nitrogen functional groups attached to an aromatic ring is 1. The van der Waals surface area contributed by atoms with E-state index in [4.69, 9.17) is 10.5 Å². The molecular weight excluding hydrogens is 242 g/mol. The number of hydrogen-bond acceptors (Lipinski definition) is 5. The van der Waals surface area contributed by atoms with E-state index in [1.54, 1.807) is 19.9 Å². The zero-order valence-electron chi connectivity index (χ0n) is 12.7. The molecule has 0 radical (unpaired) electrons. The van der Waals surface area contributed by atoms with Gasteiger partial charge in [0.15, 0.2) is 0 Å². The number of ether oxygens (including phenoxy) is 1. The predicted octanol–water partition coefficient (Wildman–Crippen LogP) is 2.05. The van der Waals surface area contributed by atoms with E-state index in [1.165, 1.54) is 0 Å². The summed E-state index contributed by atoms with van der Waals surface area (Å²) in [5.41, 5.74) is 5.24. The van der Waals surface area contributed by atoms with Gasteiger partial charge in [-0.15, -0.1) is 0 Å². The zero-order chi connectivity index (χ0) is 14.8. The molecule has 0 aliphatic carbocycles. The van der Waals surface area contributed by atoms with Crippen molar-refractivity contribution in [1.82, 2.24) is 4.98 Å². The van der Waals surface area contributed by atoms with Gasteiger partial charge in [-0.25, -0.2) is 0 Å². The van der Waals surface area contributed by atoms with E-state index in [9.17, 15) is 5.11 Å². The van der Waals surface area contributed by atoms with Crippen molar-refractivity contribution < 1.29 is 9.84 Å². The summed E-state index contributed by atoms with van der Waals surface area (Å²) in [6.45, 7) is 9.82. The lowest BCUT2D eigenvalue weighted by atomic mass is 10.1. The molecule has 0 fully saturated rings. The van der Waals surface area contributed by atoms with Gasteiger partial charge in [-0.1, -0.05) is 0 Å². The number of aromatic nitrogens is 1. The zero-order valence-corrected chi connectivity index (χ0v) is 12.7. The summed E-state index contributed by atoms with van der Waals surface area (Å²) < 4.78 is 5.73. The number of likely N-dealkylation sites (N-methyl/N-ethyl adjacent to an activating group) is 1. The minimum atomic E-state index is -0.789. The van der Waals surface area contributed by atoms with Crippen LogP contribution in [-0.2, 0) is 0 Å². The van der Waals surface area contributed by atoms with Crippen molar-refractivity contribution >= 4 is 11.5 Å². The highest BCUT2D eigenvalue weighted by atomic mass is 16.5. The maximum atomic E-state index is 9.83. The summed E-state index contributed by atoms with van der Waals surface area (Å²) in [4.78, 5) is 6.28. The quantitative estimate of drug-likeness (QED) is 0.873. The van der Waals surface area contributed by atoms with Gasteiger partial charge in [0.05, 0.1) is 11.3 Å². The van der Waals surface area contributed by atoms with Crippen LogP contribution in [0.15, 0.2) is 12.1 Å². The standard InChI is InChI=1S/C14H25N3O2/c1-13(2,3)19-12-10(15)7-8-11(16-12)17(6)9-14(4,5)18/h7-8,18H,9,15H2,1-6H3. The third-order valence-corrected chi connectivity index (χ3v) is 2.29. The van der Waals surface area contributed by atoms with Crippen LogP contribution >= 0.6 is 0 Å². The largest absolute Gasteiger partial charge is 0.470 e. The fourth-order valence-corrected chi connectivity index (χ4v) is 1.69. The van der Waals surface area contributed by atoms with E-state index in [2.05, 4.69) is 4.98 Å². The first-order chi connectivity index (χ1) is 8.48. The molecule has 0 saturated heterocycles. The van der Waals surface area contributed by atoms with Gasteiger partial charge >= 0.3 is 0 Å². The van der Waals surface area contributed by atoms with Gasteiger partial charge in [-0.05, 0) is 46.8 Å². The summed E-state index contributed by atoms with van der Waals surface area (Å²) in [5, 5.41) is 9.83. The maximum Gasteiger partial charge on any atom is 0.239 e. The number of pyridine rings is 1. The molecule has 0 aliphatic rings. The highest BCUT2D eigenvalue weighted by molar-refractivity contribution is 5.54. The molecule has 0 spiro atoms. The van der Waals surface area contributed by atoms with Crippen molar-refractivity contribution in [2.45, 2.75) is 45.8 Å². The van der Waals surface area contributed by atoms with Gasteiger partial charge in [-0.3, -0.25) is 0 Å². The van der Waals surface area contributed by atoms with Crippen LogP contribution in [0.25, 0.3) is 0 Å². The van der Waals surface area contributed by atoms with E-state index in [0.717, 1.165) is 5.82 Å². The minimum Gasteiger partial charge on any atom is -0.470 e. The van der Waals surface area contributed by atoms with E-state index in [-0.39, 0.29) is 5.60 Å². The molecule has 108 valence electrons. The average molecular weight is 267 g/mol. The van der Waals surface area contributed by atoms with Crippen LogP contribution < -0.4 is 15.4 Å². The minimum absolute atomic E-state index is 0.353. The van der Waals surface area contributed by atoms with Gasteiger partial charge < -0.3 is 20.5 Å². The lowest BCUT2D eigenvalue weighted by Gasteiger charge is -2.27. The Morgan fingerprint density at radius 2 is 1.84 bits per heavy atom. The number of hydrogen-bond donors (Lipinski definition) is 2. The van der Waals surface area contributed by atoms with E-state index >= 15 is 0 Å². The first-order valence-electron chi connectivity index (χ1n) is 6.37. The predicted molar refractivity (Wildman–Crippen MR) is 78.6 cm³/mol. The van der Waals surface area contributed by atoms with Gasteiger partial charge in [0.2, 0.25) is 5.88 Å². The smallest absolute Gasteiger partial charge is 0.239 e. The Morgan fingerprint density at radius 1 is 1.26 bits per heavy atom. The molecule has 0 bridgehead atoms. The number of nitrogens with zero attached hydrogens (tertiary/aromatic N) is 2. The highest BCUT2D eigenvalue weighted by Gasteiger charge is 2.19. The molecule has 5 nitrogen and oxygen atoms in total. The Labute approximate surface area is 115 Å². The normalized spacial score (nSPS) is 12.4. The van der Waals surface area contributed by atoms with Crippen LogP contribution in [0.2, 0.25) is 0 Å². The van der Waals surface area contributed by atoms with E-state index < -0.39 is 5.60 Å². The molecule has 0 aliphatic heterocycles. The molecule has 1 aromatic heterocycles. The van der Waals surface area contributed by atoms with Gasteiger partial charge in [0.25, 0.3) is 0 Å². The van der Waals surface area contributed by atoms with Crippen molar-refractivity contribution in [2.24, 2.45) is 0 Å². The average Bonchev–Trinajstić information content (AvgIpc) is 2.16. The van der Waals surface area contributed by atoms with Crippen LogP contribution in [0.4, 0.5) is 11.5 Å². The summed E-state index contributed by atoms with van der Waals surface area (Å²) in [7, 11) is 1.87. The molecule has 0 atom stereocenters. The Hall–Kier alpha value is -1.49. The van der Waals surface area contributed by atoms with Crippen molar-refractivity contribution in [3.8, 4) is 5.88 Å². The van der Waals surface area contributed by atoms with Crippen LogP contribution in [0.5, 0.6) is 5.88 Å². The van der Waals surface area contributed by atoms with Crippen LogP contribution in [0.3, 0.4) is 0 Å². The van der Waals surface area contributed by atoms with Crippen molar-refractivity contribution in [1.29, 1.82) is 0 Å². The first-order valence-corrected chi connectivity index (χ1v) is 6.37. The lowest BCUT2D eigenvalue weighted by molar-refractivity contribution is 0.0882. The second kappa shape index (κ2) is 5.25. The van der Waals surface area contributed by atoms with Gasteiger partial charge in [-0.2, -0.15) is 4.98 Å². The SMILES string of the molecule is CN(CC(C)(C)O)c1ccc(N)c(OC(C)(C)C)n1. The molecule has 5 heteroatoms. The second-order valence-corrected chi connectivity index (χ2v) is 6.45. The summed E-state index contributed by atoms with van der Waals surface area (Å²) in [6, 6.07) is 3.58. The molecule has 3 N–H and O–H groups in total. The molecular formula is C14H25N3O2. The Balaban J connectivity index is 2.96. The summed E-state index contributed by atoms with van der Waals surface area (Å²) in [6.07, 6.45) is 0. The number of rotatable bonds is 4. The second-order valence-electron chi connectivity index (χ2n) is 6.45. The first kappa shape index (κ1) is 15.6. The van der Waals surface area contributed by atoms with E-state index in [1.807, 2.05) is 38.8 Å². The summed E-state index contributed by atoms with van der Waals surface area (Å²) in [5.74, 6) is 1.14. The Kier molecular flexibility index (Phi) is 4.30. The fraction of sp³-hybridized carbons (Fsp3) is 0.643. The third-order valence-electron chi connectivity index (χ3n) is 2.29. The number of nitrogens with two attached hydrogens (primary N) is 1. The molecule has 0 amide bonds. The number of aliphatic hydroxyl groups is 1. The summed E-state index contributed by atoms with van der Waals surface area (Å²) >= 11 is 0. The molecule has 1 heterocycles. The van der Waals surface area contributed by atoms with Crippen LogP contribution in [-0.4, -0.2) is 34.9 Å². The van der Waals surface area contributed by atoms with Crippen molar-refractivity contribution in [3.05, 3.63) is 12.1 Å². The lowest BCUT2D eigenvalue weighted by Crippen LogP contribution is -2.36. The molecule has 1 aromatic rings. The number of anilines is 2. The van der Waals surface area contributed by atoms with Gasteiger partial charge in [0, 0.05) is 13.6 Å². The third kappa shape index (κ3) is 5.34. The van der Waals surface area contributed by atoms with Gasteiger partial charge in [0.1, 0.15) is 11.4 Å². The maximum absolute atomic E-state index is 9.83. The highest BCUT2D eigenvalue weighted by Crippen LogP contribution is 2.26. The molecule has 0 saturated carbocycles. The van der Waals surface area contributed by atoms with Crippen LogP contribution in [0, 0.1) is 0 Å². The molecule has 1 rings (SSSR count). The fourth-order valence-electron chi connectivity index (χ4n) is 1.69. The molecule has 0 aromatic carbocycles. The molecule has 19 heavy (non-hydrogen) atoms. The van der Waals surface area contributed by atoms with Crippen molar-refractivity contribution in [2.75, 3.05) is 24.2 Å². The van der Waals surface area contributed by atoms with E-state index in [0.29, 0.717) is 18.1 Å². The Bertz CT molecular complexity index is 433.